The Balaban J connectivity index is 0.992. The van der Waals surface area contributed by atoms with Crippen LogP contribution in [0.25, 0.3) is 99.8 Å². The molecule has 56 heavy (non-hydrogen) atoms. The zero-order valence-corrected chi connectivity index (χ0v) is 30.5. The molecule has 3 aromatic heterocycles. The highest BCUT2D eigenvalue weighted by molar-refractivity contribution is 6.12. The van der Waals surface area contributed by atoms with Crippen LogP contribution in [-0.4, -0.2) is 14.1 Å². The summed E-state index contributed by atoms with van der Waals surface area (Å²) in [4.78, 5) is 5.16. The van der Waals surface area contributed by atoms with E-state index in [1.54, 1.807) is 0 Å². The standard InChI is InChI=1S/C53H35N3/c1-3-13-36(14-4-1)37-25-27-38(28-26-37)48-21-12-22-49(54-48)41-15-11-18-43(33-41)56-51-24-10-8-20-45(51)47-34-39(30-32-52(47)56)40-29-31-46-44-19-7-9-23-50(44)55(53(46)35-40)42-16-5-2-6-17-42/h1-35H. The van der Waals surface area contributed by atoms with Gasteiger partial charge in [-0.05, 0) is 89.0 Å². The van der Waals surface area contributed by atoms with Crippen LogP contribution in [0.15, 0.2) is 212 Å². The van der Waals surface area contributed by atoms with Gasteiger partial charge in [-0.1, -0.05) is 146 Å². The fraction of sp³-hybridized carbons (Fsp3) is 0. The summed E-state index contributed by atoms with van der Waals surface area (Å²) in [5, 5.41) is 4.98. The lowest BCUT2D eigenvalue weighted by molar-refractivity contribution is 1.18. The molecule has 0 aliphatic rings. The van der Waals surface area contributed by atoms with Gasteiger partial charge in [-0.2, -0.15) is 0 Å². The third kappa shape index (κ3) is 5.32. The van der Waals surface area contributed by atoms with Crippen molar-refractivity contribution in [3.8, 4) is 56.1 Å². The van der Waals surface area contributed by atoms with Crippen molar-refractivity contribution in [3.05, 3.63) is 212 Å². The average Bonchev–Trinajstić information content (AvgIpc) is 3.79. The van der Waals surface area contributed by atoms with E-state index in [2.05, 4.69) is 215 Å². The van der Waals surface area contributed by atoms with Gasteiger partial charge in [0.15, 0.2) is 0 Å². The number of para-hydroxylation sites is 3. The Morgan fingerprint density at radius 2 is 0.732 bits per heavy atom. The average molecular weight is 714 g/mol. The molecule has 0 N–H and O–H groups in total. The Labute approximate surface area is 325 Å². The molecule has 0 spiro atoms. The minimum Gasteiger partial charge on any atom is -0.309 e. The molecule has 3 heterocycles. The Hall–Kier alpha value is -7.49. The maximum absolute atomic E-state index is 5.16. The van der Waals surface area contributed by atoms with E-state index in [9.17, 15) is 0 Å². The molecule has 0 aliphatic heterocycles. The first-order valence-electron chi connectivity index (χ1n) is 19.1. The maximum atomic E-state index is 5.16. The molecular formula is C53H35N3. The molecule has 0 saturated heterocycles. The molecule has 0 atom stereocenters. The van der Waals surface area contributed by atoms with Crippen LogP contribution >= 0.6 is 0 Å². The van der Waals surface area contributed by atoms with E-state index < -0.39 is 0 Å². The van der Waals surface area contributed by atoms with E-state index in [-0.39, 0.29) is 0 Å². The van der Waals surface area contributed by atoms with Crippen molar-refractivity contribution < 1.29 is 0 Å². The minimum absolute atomic E-state index is 0.947. The van der Waals surface area contributed by atoms with Gasteiger partial charge in [-0.15, -0.1) is 0 Å². The van der Waals surface area contributed by atoms with Gasteiger partial charge >= 0.3 is 0 Å². The SMILES string of the molecule is c1ccc(-c2ccc(-c3cccc(-c4cccc(-n5c6ccccc6c6cc(-c7ccc8c9ccccc9n(-c9ccccc9)c8c7)ccc65)c4)n3)cc2)cc1. The Kier molecular flexibility index (Phi) is 7.49. The Morgan fingerprint density at radius 1 is 0.250 bits per heavy atom. The number of fused-ring (bicyclic) bond motifs is 6. The summed E-state index contributed by atoms with van der Waals surface area (Å²) >= 11 is 0. The highest BCUT2D eigenvalue weighted by Gasteiger charge is 2.17. The van der Waals surface area contributed by atoms with Crippen LogP contribution < -0.4 is 0 Å². The zero-order valence-electron chi connectivity index (χ0n) is 30.5. The molecule has 11 rings (SSSR count). The fourth-order valence-electron chi connectivity index (χ4n) is 8.46. The van der Waals surface area contributed by atoms with Gasteiger partial charge < -0.3 is 9.13 Å². The second-order valence-electron chi connectivity index (χ2n) is 14.4. The molecule has 11 aromatic rings. The first kappa shape index (κ1) is 32.0. The van der Waals surface area contributed by atoms with Crippen LogP contribution in [-0.2, 0) is 0 Å². The van der Waals surface area contributed by atoms with Gasteiger partial charge in [0.05, 0.1) is 33.5 Å². The lowest BCUT2D eigenvalue weighted by atomic mass is 10.0. The number of rotatable bonds is 6. The number of benzene rings is 8. The molecule has 0 saturated carbocycles. The predicted molar refractivity (Wildman–Crippen MR) is 235 cm³/mol. The van der Waals surface area contributed by atoms with Crippen molar-refractivity contribution in [2.24, 2.45) is 0 Å². The number of aromatic nitrogens is 3. The molecule has 0 fully saturated rings. The number of hydrogen-bond acceptors (Lipinski definition) is 1. The van der Waals surface area contributed by atoms with Crippen molar-refractivity contribution >= 4 is 43.6 Å². The number of hydrogen-bond donors (Lipinski definition) is 0. The molecule has 0 unspecified atom stereocenters. The lowest BCUT2D eigenvalue weighted by Gasteiger charge is -2.11. The molecular weight excluding hydrogens is 679 g/mol. The van der Waals surface area contributed by atoms with Crippen molar-refractivity contribution in [3.63, 3.8) is 0 Å². The smallest absolute Gasteiger partial charge is 0.0710 e. The van der Waals surface area contributed by atoms with Crippen molar-refractivity contribution in [1.29, 1.82) is 0 Å². The van der Waals surface area contributed by atoms with Gasteiger partial charge in [-0.25, -0.2) is 4.98 Å². The third-order valence-corrected chi connectivity index (χ3v) is 11.1. The second-order valence-corrected chi connectivity index (χ2v) is 14.4. The van der Waals surface area contributed by atoms with Crippen molar-refractivity contribution in [2.75, 3.05) is 0 Å². The van der Waals surface area contributed by atoms with E-state index in [1.165, 1.54) is 65.9 Å². The quantitative estimate of drug-likeness (QED) is 0.168. The number of pyridine rings is 1. The Bertz CT molecular complexity index is 3230. The van der Waals surface area contributed by atoms with Crippen molar-refractivity contribution in [1.82, 2.24) is 14.1 Å². The van der Waals surface area contributed by atoms with Crippen LogP contribution in [0.3, 0.4) is 0 Å². The van der Waals surface area contributed by atoms with Gasteiger partial charge in [-0.3, -0.25) is 0 Å². The van der Waals surface area contributed by atoms with Crippen LogP contribution in [0.1, 0.15) is 0 Å². The summed E-state index contributed by atoms with van der Waals surface area (Å²) in [6, 6.07) is 76.2. The lowest BCUT2D eigenvalue weighted by Crippen LogP contribution is -1.95. The predicted octanol–water partition coefficient (Wildman–Crippen LogP) is 13.9. The minimum atomic E-state index is 0.947. The van der Waals surface area contributed by atoms with Gasteiger partial charge in [0.2, 0.25) is 0 Å². The van der Waals surface area contributed by atoms with Gasteiger partial charge in [0.1, 0.15) is 0 Å². The van der Waals surface area contributed by atoms with Crippen molar-refractivity contribution in [2.45, 2.75) is 0 Å². The van der Waals surface area contributed by atoms with E-state index in [1.807, 2.05) is 6.07 Å². The first-order chi connectivity index (χ1) is 27.8. The van der Waals surface area contributed by atoms with Gasteiger partial charge in [0, 0.05) is 44.0 Å². The molecule has 0 radical (unpaired) electrons. The summed E-state index contributed by atoms with van der Waals surface area (Å²) in [6.07, 6.45) is 0. The van der Waals surface area contributed by atoms with Gasteiger partial charge in [0.25, 0.3) is 0 Å². The summed E-state index contributed by atoms with van der Waals surface area (Å²) in [6.45, 7) is 0. The maximum Gasteiger partial charge on any atom is 0.0710 e. The summed E-state index contributed by atoms with van der Waals surface area (Å²) in [5.41, 5.74) is 15.9. The largest absolute Gasteiger partial charge is 0.309 e. The first-order valence-corrected chi connectivity index (χ1v) is 19.1. The molecule has 0 bridgehead atoms. The van der Waals surface area contributed by atoms with Crippen LogP contribution in [0.5, 0.6) is 0 Å². The summed E-state index contributed by atoms with van der Waals surface area (Å²) in [7, 11) is 0. The van der Waals surface area contributed by atoms with E-state index >= 15 is 0 Å². The second kappa shape index (κ2) is 13.1. The van der Waals surface area contributed by atoms with Crippen LogP contribution in [0, 0.1) is 0 Å². The summed E-state index contributed by atoms with van der Waals surface area (Å²) in [5.74, 6) is 0. The zero-order chi connectivity index (χ0) is 37.0. The number of nitrogens with zero attached hydrogens (tertiary/aromatic N) is 3. The molecule has 8 aromatic carbocycles. The topological polar surface area (TPSA) is 22.8 Å². The third-order valence-electron chi connectivity index (χ3n) is 11.1. The molecule has 0 aliphatic carbocycles. The molecule has 262 valence electrons. The Morgan fingerprint density at radius 3 is 1.50 bits per heavy atom. The fourth-order valence-corrected chi connectivity index (χ4v) is 8.46. The highest BCUT2D eigenvalue weighted by atomic mass is 15.0. The van der Waals surface area contributed by atoms with E-state index in [4.69, 9.17) is 4.98 Å². The monoisotopic (exact) mass is 713 g/mol. The van der Waals surface area contributed by atoms with Crippen LogP contribution in [0.2, 0.25) is 0 Å². The van der Waals surface area contributed by atoms with Crippen LogP contribution in [0.4, 0.5) is 0 Å². The normalized spacial score (nSPS) is 11.6. The molecule has 3 heteroatoms. The van der Waals surface area contributed by atoms with E-state index in [0.717, 1.165) is 33.9 Å². The molecule has 0 amide bonds. The summed E-state index contributed by atoms with van der Waals surface area (Å²) < 4.78 is 4.78. The van der Waals surface area contributed by atoms with E-state index in [0.29, 0.717) is 0 Å². The molecule has 3 nitrogen and oxygen atoms in total. The highest BCUT2D eigenvalue weighted by Crippen LogP contribution is 2.39.